The number of unbranched alkanes of at least 4 members (excludes halogenated alkanes) is 17. The molecule has 0 aromatic rings. The Balaban J connectivity index is 2.44. The van der Waals surface area contributed by atoms with E-state index in [4.69, 9.17) is 23.5 Å². The molecule has 0 spiro atoms. The molecule has 0 radical (unpaired) electrons. The van der Waals surface area contributed by atoms with Crippen molar-refractivity contribution in [1.82, 2.24) is 0 Å². The van der Waals surface area contributed by atoms with E-state index in [0.29, 0.717) is 13.0 Å². The van der Waals surface area contributed by atoms with Gasteiger partial charge in [0.25, 0.3) is 0 Å². The summed E-state index contributed by atoms with van der Waals surface area (Å²) in [5.74, 6) is -0.417. The average molecular weight is 885 g/mol. The number of carbonyl (C=O) groups is 1. The first-order valence-corrected chi connectivity index (χ1v) is 24.9. The molecule has 6 unspecified atom stereocenters. The van der Waals surface area contributed by atoms with Gasteiger partial charge < -0.3 is 34.3 Å². The third-order valence-electron chi connectivity index (χ3n) is 10.4. The lowest BCUT2D eigenvalue weighted by Crippen LogP contribution is -2.60. The summed E-state index contributed by atoms with van der Waals surface area (Å²) in [6.45, 7) is 3.79. The molecule has 13 heteroatoms. The fourth-order valence-electron chi connectivity index (χ4n) is 6.83. The summed E-state index contributed by atoms with van der Waals surface area (Å²) in [6.07, 6.45) is 39.7. The molecule has 12 nitrogen and oxygen atoms in total. The second-order valence-electron chi connectivity index (χ2n) is 16.0. The SMILES string of the molecule is CC/C=C\C/C=C\C/C=C\C/C=C\CCCCCOCC(COC1OC(CO)C(O)C(OS(=O)(=O)O)C1O)OC(=O)CCCCCCCCC/C=C\CCCCCCCCC. The zero-order chi connectivity index (χ0) is 44.7. The number of rotatable bonds is 40. The minimum atomic E-state index is -5.07. The van der Waals surface area contributed by atoms with Gasteiger partial charge in [-0.15, -0.1) is 0 Å². The first-order chi connectivity index (χ1) is 29.6. The first-order valence-electron chi connectivity index (χ1n) is 23.5. The van der Waals surface area contributed by atoms with Crippen LogP contribution in [0, 0.1) is 0 Å². The van der Waals surface area contributed by atoms with Gasteiger partial charge in [-0.2, -0.15) is 8.42 Å². The minimum Gasteiger partial charge on any atom is -0.457 e. The van der Waals surface area contributed by atoms with Gasteiger partial charge in [-0.1, -0.05) is 152 Å². The van der Waals surface area contributed by atoms with E-state index in [9.17, 15) is 28.5 Å². The number of aliphatic hydroxyl groups excluding tert-OH is 3. The zero-order valence-corrected chi connectivity index (χ0v) is 38.5. The summed E-state index contributed by atoms with van der Waals surface area (Å²) in [6, 6.07) is 0. The van der Waals surface area contributed by atoms with Crippen molar-refractivity contribution in [3.05, 3.63) is 60.8 Å². The Morgan fingerprint density at radius 2 is 1.13 bits per heavy atom. The quantitative estimate of drug-likeness (QED) is 0.0198. The molecule has 0 aromatic carbocycles. The third-order valence-corrected chi connectivity index (χ3v) is 10.8. The number of aliphatic hydroxyl groups is 3. The molecular weight excluding hydrogens is 801 g/mol. The van der Waals surface area contributed by atoms with Crippen molar-refractivity contribution in [2.24, 2.45) is 0 Å². The lowest BCUT2D eigenvalue weighted by molar-refractivity contribution is -0.301. The van der Waals surface area contributed by atoms with E-state index in [1.165, 1.54) is 70.6 Å². The van der Waals surface area contributed by atoms with Crippen molar-refractivity contribution < 1.29 is 56.2 Å². The zero-order valence-electron chi connectivity index (χ0n) is 37.7. The summed E-state index contributed by atoms with van der Waals surface area (Å²) in [5.41, 5.74) is 0. The molecule has 6 atom stereocenters. The van der Waals surface area contributed by atoms with Crippen molar-refractivity contribution in [2.75, 3.05) is 26.4 Å². The van der Waals surface area contributed by atoms with Crippen LogP contribution in [0.1, 0.15) is 174 Å². The predicted octanol–water partition coefficient (Wildman–Crippen LogP) is 10.1. The van der Waals surface area contributed by atoms with Gasteiger partial charge in [-0.3, -0.25) is 9.35 Å². The number of hydrogen-bond donors (Lipinski definition) is 4. The highest BCUT2D eigenvalue weighted by atomic mass is 32.3. The van der Waals surface area contributed by atoms with E-state index < -0.39 is 59.8 Å². The average Bonchev–Trinajstić information content (AvgIpc) is 3.23. The summed E-state index contributed by atoms with van der Waals surface area (Å²) in [7, 11) is -5.07. The van der Waals surface area contributed by atoms with Gasteiger partial charge in [0, 0.05) is 13.0 Å². The Labute approximate surface area is 369 Å². The fourth-order valence-corrected chi connectivity index (χ4v) is 7.34. The van der Waals surface area contributed by atoms with Crippen LogP contribution in [-0.4, -0.2) is 97.5 Å². The van der Waals surface area contributed by atoms with Gasteiger partial charge in [0.15, 0.2) is 6.29 Å². The molecule has 1 aliphatic rings. The molecule has 0 saturated carbocycles. The smallest absolute Gasteiger partial charge is 0.397 e. The third kappa shape index (κ3) is 33.0. The van der Waals surface area contributed by atoms with Gasteiger partial charge in [0.2, 0.25) is 0 Å². The van der Waals surface area contributed by atoms with Crippen molar-refractivity contribution in [1.29, 1.82) is 0 Å². The summed E-state index contributed by atoms with van der Waals surface area (Å²) >= 11 is 0. The standard InChI is InChI=1S/C48H84O12S/c1-3-5-7-9-11-13-15-17-19-21-22-23-25-27-29-31-33-35-37-44(50)58-42(41-57-48-46(52)47(60-61(53,54)55)45(51)43(39-49)59-48)40-56-38-36-34-32-30-28-26-24-20-18-16-14-12-10-8-6-4-2/h6,8,12,14,18-21,26,28,42-43,45-49,51-52H,3-5,7,9-11,13,15-17,22-25,27,29-41H2,1-2H3,(H,53,54,55)/b8-6-,14-12-,20-18-,21-19-,28-26-. The van der Waals surface area contributed by atoms with Crippen LogP contribution in [0.15, 0.2) is 60.8 Å². The Bertz CT molecular complexity index is 1300. The van der Waals surface area contributed by atoms with E-state index in [2.05, 4.69) is 78.8 Å². The highest BCUT2D eigenvalue weighted by Gasteiger charge is 2.48. The Hall–Kier alpha value is -2.20. The lowest BCUT2D eigenvalue weighted by Gasteiger charge is -2.41. The van der Waals surface area contributed by atoms with Crippen LogP contribution in [0.25, 0.3) is 0 Å². The maximum absolute atomic E-state index is 12.9. The van der Waals surface area contributed by atoms with Crippen molar-refractivity contribution in [3.63, 3.8) is 0 Å². The molecule has 0 aromatic heterocycles. The molecule has 0 aliphatic carbocycles. The Kier molecular flexibility index (Phi) is 36.7. The second-order valence-corrected chi connectivity index (χ2v) is 17.0. The van der Waals surface area contributed by atoms with E-state index >= 15 is 0 Å². The van der Waals surface area contributed by atoms with E-state index in [-0.39, 0.29) is 19.6 Å². The summed E-state index contributed by atoms with van der Waals surface area (Å²) in [5, 5.41) is 30.7. The molecule has 1 rings (SSSR count). The highest BCUT2D eigenvalue weighted by molar-refractivity contribution is 7.80. The van der Waals surface area contributed by atoms with E-state index in [1.54, 1.807) is 0 Å². The molecule has 61 heavy (non-hydrogen) atoms. The number of ether oxygens (including phenoxy) is 4. The molecule has 1 heterocycles. The van der Waals surface area contributed by atoms with Gasteiger partial charge in [-0.25, -0.2) is 4.18 Å². The molecular formula is C48H84O12S. The van der Waals surface area contributed by atoms with Crippen LogP contribution in [0.5, 0.6) is 0 Å². The number of carbonyl (C=O) groups excluding carboxylic acids is 1. The Morgan fingerprint density at radius 1 is 0.639 bits per heavy atom. The van der Waals surface area contributed by atoms with Crippen LogP contribution in [0.4, 0.5) is 0 Å². The van der Waals surface area contributed by atoms with Crippen LogP contribution >= 0.6 is 0 Å². The molecule has 1 fully saturated rings. The maximum atomic E-state index is 12.9. The van der Waals surface area contributed by atoms with Gasteiger partial charge in [0.1, 0.15) is 30.5 Å². The topological polar surface area (TPSA) is 178 Å². The monoisotopic (exact) mass is 885 g/mol. The van der Waals surface area contributed by atoms with Crippen molar-refractivity contribution >= 4 is 16.4 Å². The summed E-state index contributed by atoms with van der Waals surface area (Å²) < 4.78 is 59.1. The molecule has 354 valence electrons. The molecule has 1 aliphatic heterocycles. The van der Waals surface area contributed by atoms with Crippen LogP contribution in [-0.2, 0) is 38.3 Å². The number of hydrogen-bond acceptors (Lipinski definition) is 11. The minimum absolute atomic E-state index is 0.0107. The molecule has 0 bridgehead atoms. The molecule has 4 N–H and O–H groups in total. The number of esters is 1. The van der Waals surface area contributed by atoms with Crippen LogP contribution in [0.3, 0.4) is 0 Å². The van der Waals surface area contributed by atoms with Crippen LogP contribution < -0.4 is 0 Å². The van der Waals surface area contributed by atoms with E-state index in [0.717, 1.165) is 77.0 Å². The van der Waals surface area contributed by atoms with Crippen molar-refractivity contribution in [2.45, 2.75) is 211 Å². The van der Waals surface area contributed by atoms with Gasteiger partial charge in [0.05, 0.1) is 19.8 Å². The fraction of sp³-hybridized carbons (Fsp3) is 0.771. The largest absolute Gasteiger partial charge is 0.457 e. The van der Waals surface area contributed by atoms with Gasteiger partial charge >= 0.3 is 16.4 Å². The van der Waals surface area contributed by atoms with Crippen LogP contribution in [0.2, 0.25) is 0 Å². The molecule has 1 saturated heterocycles. The first kappa shape index (κ1) is 56.8. The summed E-state index contributed by atoms with van der Waals surface area (Å²) in [4.78, 5) is 12.9. The number of allylic oxidation sites excluding steroid dienone is 10. The normalized spacial score (nSPS) is 20.7. The second kappa shape index (κ2) is 39.4. The van der Waals surface area contributed by atoms with E-state index in [1.807, 2.05) is 0 Å². The molecule has 0 amide bonds. The van der Waals surface area contributed by atoms with Gasteiger partial charge in [-0.05, 0) is 77.0 Å². The lowest BCUT2D eigenvalue weighted by atomic mass is 9.99. The predicted molar refractivity (Wildman–Crippen MR) is 243 cm³/mol. The maximum Gasteiger partial charge on any atom is 0.397 e. The van der Waals surface area contributed by atoms with Crippen molar-refractivity contribution in [3.8, 4) is 0 Å². The highest BCUT2D eigenvalue weighted by Crippen LogP contribution is 2.26. The Morgan fingerprint density at radius 3 is 1.67 bits per heavy atom.